The lowest BCUT2D eigenvalue weighted by atomic mass is 10.1. The van der Waals surface area contributed by atoms with Gasteiger partial charge in [-0.2, -0.15) is 0 Å². The van der Waals surface area contributed by atoms with E-state index in [9.17, 15) is 4.79 Å². The fraction of sp³-hybridized carbons (Fsp3) is 0.438. The van der Waals surface area contributed by atoms with E-state index < -0.39 is 0 Å². The largest absolute Gasteiger partial charge is 0.306 e. The summed E-state index contributed by atoms with van der Waals surface area (Å²) >= 11 is 1.50. The lowest BCUT2D eigenvalue weighted by molar-refractivity contribution is 0.102. The van der Waals surface area contributed by atoms with Crippen LogP contribution in [0.5, 0.6) is 0 Å². The summed E-state index contributed by atoms with van der Waals surface area (Å²) in [5, 5.41) is 9.39. The Morgan fingerprint density at radius 3 is 3.05 bits per heavy atom. The first-order valence-corrected chi connectivity index (χ1v) is 8.37. The van der Waals surface area contributed by atoms with Crippen LogP contribution in [-0.4, -0.2) is 26.3 Å². The van der Waals surface area contributed by atoms with Crippen LogP contribution in [0.4, 0.5) is 0 Å². The number of fused-ring (bicyclic) bond motifs is 1. The Bertz CT molecular complexity index is 651. The molecular weight excluding hydrogens is 282 g/mol. The Morgan fingerprint density at radius 2 is 2.19 bits per heavy atom. The molecule has 21 heavy (non-hydrogen) atoms. The zero-order valence-electron chi connectivity index (χ0n) is 12.2. The van der Waals surface area contributed by atoms with Gasteiger partial charge in [-0.25, -0.2) is 0 Å². The molecule has 0 fully saturated rings. The maximum absolute atomic E-state index is 12.2. The van der Waals surface area contributed by atoms with E-state index in [1.165, 1.54) is 31.0 Å². The highest BCUT2D eigenvalue weighted by atomic mass is 32.2. The number of carbonyl (C=O) groups excluding carboxylic acids is 1. The van der Waals surface area contributed by atoms with Crippen molar-refractivity contribution >= 4 is 17.5 Å². The van der Waals surface area contributed by atoms with Gasteiger partial charge in [-0.15, -0.1) is 10.2 Å². The summed E-state index contributed by atoms with van der Waals surface area (Å²) in [4.78, 5) is 12.2. The standard InChI is InChI=1S/C16H19N3OS/c1-12-6-5-7-13(10-12)14(20)11-21-16-18-17-15-8-3-2-4-9-19(15)16/h5-7,10H,2-4,8-9,11H2,1H3. The van der Waals surface area contributed by atoms with Crippen LogP contribution >= 0.6 is 11.8 Å². The second-order valence-corrected chi connectivity index (χ2v) is 6.38. The SMILES string of the molecule is Cc1cccc(C(=O)CSc2nnc3n2CCCCC3)c1. The fourth-order valence-electron chi connectivity index (χ4n) is 2.60. The third kappa shape index (κ3) is 3.35. The van der Waals surface area contributed by atoms with Crippen molar-refractivity contribution in [3.05, 3.63) is 41.2 Å². The van der Waals surface area contributed by atoms with E-state index in [4.69, 9.17) is 0 Å². The molecule has 0 unspecified atom stereocenters. The molecule has 0 aliphatic carbocycles. The van der Waals surface area contributed by atoms with Gasteiger partial charge in [-0.05, 0) is 25.8 Å². The molecule has 0 N–H and O–H groups in total. The Labute approximate surface area is 129 Å². The molecule has 1 aliphatic heterocycles. The van der Waals surface area contributed by atoms with Gasteiger partial charge in [0.15, 0.2) is 10.9 Å². The number of ketones is 1. The molecule has 2 heterocycles. The number of benzene rings is 1. The van der Waals surface area contributed by atoms with Gasteiger partial charge >= 0.3 is 0 Å². The number of hydrogen-bond acceptors (Lipinski definition) is 4. The highest BCUT2D eigenvalue weighted by Gasteiger charge is 2.16. The van der Waals surface area contributed by atoms with Gasteiger partial charge in [-0.1, -0.05) is 41.9 Å². The van der Waals surface area contributed by atoms with Gasteiger partial charge in [0.2, 0.25) is 0 Å². The van der Waals surface area contributed by atoms with Crippen molar-refractivity contribution in [2.75, 3.05) is 5.75 Å². The van der Waals surface area contributed by atoms with Gasteiger partial charge in [0.25, 0.3) is 0 Å². The van der Waals surface area contributed by atoms with Crippen molar-refractivity contribution < 1.29 is 4.79 Å². The topological polar surface area (TPSA) is 47.8 Å². The Hall–Kier alpha value is -1.62. The maximum atomic E-state index is 12.2. The van der Waals surface area contributed by atoms with Crippen molar-refractivity contribution in [3.8, 4) is 0 Å². The first-order valence-electron chi connectivity index (χ1n) is 7.39. The lowest BCUT2D eigenvalue weighted by Gasteiger charge is -2.06. The first-order chi connectivity index (χ1) is 10.2. The molecule has 0 saturated carbocycles. The number of Topliss-reactive ketones (excluding diaryl/α,β-unsaturated/α-hetero) is 1. The van der Waals surface area contributed by atoms with Gasteiger partial charge in [0, 0.05) is 18.5 Å². The van der Waals surface area contributed by atoms with Gasteiger partial charge in [0.05, 0.1) is 5.75 Å². The average molecular weight is 301 g/mol. The molecular formula is C16H19N3OS. The predicted molar refractivity (Wildman–Crippen MR) is 83.8 cm³/mol. The highest BCUT2D eigenvalue weighted by Crippen LogP contribution is 2.22. The zero-order valence-corrected chi connectivity index (χ0v) is 13.0. The number of carbonyl (C=O) groups is 1. The van der Waals surface area contributed by atoms with E-state index in [2.05, 4.69) is 14.8 Å². The summed E-state index contributed by atoms with van der Waals surface area (Å²) in [5.74, 6) is 1.63. The number of aryl methyl sites for hydroxylation is 2. The smallest absolute Gasteiger partial charge is 0.191 e. The second kappa shape index (κ2) is 6.43. The molecule has 0 atom stereocenters. The van der Waals surface area contributed by atoms with Crippen LogP contribution in [-0.2, 0) is 13.0 Å². The van der Waals surface area contributed by atoms with Crippen molar-refractivity contribution in [1.82, 2.24) is 14.8 Å². The molecule has 2 aromatic rings. The molecule has 0 spiro atoms. The van der Waals surface area contributed by atoms with Crippen molar-refractivity contribution in [1.29, 1.82) is 0 Å². The first kappa shape index (κ1) is 14.3. The van der Waals surface area contributed by atoms with Crippen LogP contribution in [0.15, 0.2) is 29.4 Å². The van der Waals surface area contributed by atoms with Crippen molar-refractivity contribution in [3.63, 3.8) is 0 Å². The number of aromatic nitrogens is 3. The van der Waals surface area contributed by atoms with Crippen molar-refractivity contribution in [2.45, 2.75) is 44.3 Å². The van der Waals surface area contributed by atoms with Crippen LogP contribution in [0.25, 0.3) is 0 Å². The molecule has 3 rings (SSSR count). The average Bonchev–Trinajstić information content (AvgIpc) is 2.72. The van der Waals surface area contributed by atoms with E-state index in [1.54, 1.807) is 0 Å². The molecule has 4 nitrogen and oxygen atoms in total. The molecule has 1 aromatic carbocycles. The summed E-state index contributed by atoms with van der Waals surface area (Å²) in [6.45, 7) is 2.98. The lowest BCUT2D eigenvalue weighted by Crippen LogP contribution is -2.06. The van der Waals surface area contributed by atoms with Crippen molar-refractivity contribution in [2.24, 2.45) is 0 Å². The van der Waals surface area contributed by atoms with E-state index in [0.717, 1.165) is 35.1 Å². The minimum Gasteiger partial charge on any atom is -0.306 e. The summed E-state index contributed by atoms with van der Waals surface area (Å²) in [6, 6.07) is 7.74. The highest BCUT2D eigenvalue weighted by molar-refractivity contribution is 7.99. The minimum atomic E-state index is 0.148. The molecule has 0 radical (unpaired) electrons. The normalized spacial score (nSPS) is 14.5. The van der Waals surface area contributed by atoms with Crippen LogP contribution in [0.1, 0.15) is 41.0 Å². The van der Waals surface area contributed by atoms with Gasteiger partial charge in [0.1, 0.15) is 5.82 Å². The molecule has 5 heteroatoms. The molecule has 110 valence electrons. The summed E-state index contributed by atoms with van der Waals surface area (Å²) < 4.78 is 2.18. The second-order valence-electron chi connectivity index (χ2n) is 5.44. The van der Waals surface area contributed by atoms with Crippen LogP contribution in [0, 0.1) is 6.92 Å². The number of thioether (sulfide) groups is 1. The number of nitrogens with zero attached hydrogens (tertiary/aromatic N) is 3. The summed E-state index contributed by atoms with van der Waals surface area (Å²) in [6.07, 6.45) is 4.60. The number of hydrogen-bond donors (Lipinski definition) is 0. The van der Waals surface area contributed by atoms with E-state index >= 15 is 0 Å². The Balaban J connectivity index is 1.68. The van der Waals surface area contributed by atoms with E-state index in [0.29, 0.717) is 5.75 Å². The Morgan fingerprint density at radius 1 is 1.29 bits per heavy atom. The quantitative estimate of drug-likeness (QED) is 0.642. The molecule has 1 aromatic heterocycles. The minimum absolute atomic E-state index is 0.148. The monoisotopic (exact) mass is 301 g/mol. The maximum Gasteiger partial charge on any atom is 0.191 e. The number of rotatable bonds is 4. The third-order valence-electron chi connectivity index (χ3n) is 3.75. The van der Waals surface area contributed by atoms with Crippen LogP contribution < -0.4 is 0 Å². The van der Waals surface area contributed by atoms with E-state index in [1.807, 2.05) is 31.2 Å². The predicted octanol–water partition coefficient (Wildman–Crippen LogP) is 3.29. The van der Waals surface area contributed by atoms with E-state index in [-0.39, 0.29) is 5.78 Å². The van der Waals surface area contributed by atoms with Crippen LogP contribution in [0.3, 0.4) is 0 Å². The zero-order chi connectivity index (χ0) is 14.7. The van der Waals surface area contributed by atoms with Gasteiger partial charge < -0.3 is 4.57 Å². The van der Waals surface area contributed by atoms with Gasteiger partial charge in [-0.3, -0.25) is 4.79 Å². The van der Waals surface area contributed by atoms with Crippen LogP contribution in [0.2, 0.25) is 0 Å². The summed E-state index contributed by atoms with van der Waals surface area (Å²) in [7, 11) is 0. The molecule has 0 saturated heterocycles. The fourth-order valence-corrected chi connectivity index (χ4v) is 3.47. The third-order valence-corrected chi connectivity index (χ3v) is 4.71. The molecule has 0 bridgehead atoms. The molecule has 0 amide bonds. The summed E-state index contributed by atoms with van der Waals surface area (Å²) in [5.41, 5.74) is 1.89. The molecule has 1 aliphatic rings. The Kier molecular flexibility index (Phi) is 4.39.